The van der Waals surface area contributed by atoms with Gasteiger partial charge in [-0.05, 0) is 43.0 Å². The van der Waals surface area contributed by atoms with E-state index in [2.05, 4.69) is 21.4 Å². The summed E-state index contributed by atoms with van der Waals surface area (Å²) in [6.45, 7) is 0.832. The molecule has 4 atom stereocenters. The number of benzene rings is 1. The summed E-state index contributed by atoms with van der Waals surface area (Å²) in [6.07, 6.45) is 1.40. The molecular formula is C23H26F3N5O4. The van der Waals surface area contributed by atoms with Crippen molar-refractivity contribution in [2.75, 3.05) is 13.2 Å². The molecule has 0 spiro atoms. The first-order valence-electron chi connectivity index (χ1n) is 10.9. The van der Waals surface area contributed by atoms with Crippen molar-refractivity contribution in [1.82, 2.24) is 26.4 Å². The molecule has 3 aliphatic heterocycles. The second kappa shape index (κ2) is 10.0. The number of aliphatic hydroxyl groups excluding tert-OH is 2. The summed E-state index contributed by atoms with van der Waals surface area (Å²) in [7, 11) is 0. The minimum absolute atomic E-state index is 0.0615. The molecular weight excluding hydrogens is 467 g/mol. The first-order valence-corrected chi connectivity index (χ1v) is 10.9. The highest BCUT2D eigenvalue weighted by Gasteiger charge is 2.43. The van der Waals surface area contributed by atoms with Gasteiger partial charge in [-0.15, -0.1) is 0 Å². The van der Waals surface area contributed by atoms with Crippen molar-refractivity contribution in [1.29, 1.82) is 0 Å². The zero-order valence-electron chi connectivity index (χ0n) is 18.7. The number of fused-ring (bicyclic) bond motifs is 1. The number of carbonyl (C=O) groups excluding carboxylic acids is 1. The van der Waals surface area contributed by atoms with E-state index in [1.807, 2.05) is 0 Å². The highest BCUT2D eigenvalue weighted by molar-refractivity contribution is 5.94. The largest absolute Gasteiger partial charge is 0.491 e. The van der Waals surface area contributed by atoms with E-state index in [1.165, 1.54) is 29.3 Å². The van der Waals surface area contributed by atoms with Gasteiger partial charge in [-0.2, -0.15) is 13.2 Å². The molecule has 1 amide bonds. The van der Waals surface area contributed by atoms with Gasteiger partial charge in [0.1, 0.15) is 30.3 Å². The van der Waals surface area contributed by atoms with Crippen molar-refractivity contribution in [3.8, 4) is 0 Å². The Morgan fingerprint density at radius 2 is 2.06 bits per heavy atom. The fourth-order valence-corrected chi connectivity index (χ4v) is 4.01. The smallest absolute Gasteiger partial charge is 0.416 e. The lowest BCUT2D eigenvalue weighted by atomic mass is 9.98. The van der Waals surface area contributed by atoms with Crippen LogP contribution in [0.2, 0.25) is 0 Å². The number of hydrogen-bond donors (Lipinski definition) is 6. The lowest BCUT2D eigenvalue weighted by molar-refractivity contribution is -0.138. The van der Waals surface area contributed by atoms with Gasteiger partial charge >= 0.3 is 6.18 Å². The third kappa shape index (κ3) is 5.29. The number of nitrogens with one attached hydrogen (secondary N) is 4. The lowest BCUT2D eigenvalue weighted by Crippen LogP contribution is -2.55. The van der Waals surface area contributed by atoms with Gasteiger partial charge in [0.2, 0.25) is 0 Å². The Kier molecular flexibility index (Phi) is 7.05. The molecule has 4 rings (SSSR count). The minimum Gasteiger partial charge on any atom is -0.491 e. The summed E-state index contributed by atoms with van der Waals surface area (Å²) in [5.41, 5.74) is 2.76. The number of alkyl halides is 3. The highest BCUT2D eigenvalue weighted by Crippen LogP contribution is 2.38. The highest BCUT2D eigenvalue weighted by atomic mass is 19.4. The number of hydrogen-bond acceptors (Lipinski definition) is 8. The molecule has 3 aliphatic rings. The van der Waals surface area contributed by atoms with Gasteiger partial charge in [-0.25, -0.2) is 5.43 Å². The normalized spacial score (nSPS) is 24.3. The average molecular weight is 493 g/mol. The second-order valence-corrected chi connectivity index (χ2v) is 8.16. The number of carbonyl (C=O) groups is 1. The van der Waals surface area contributed by atoms with Crippen molar-refractivity contribution in [3.05, 3.63) is 83.0 Å². The quantitative estimate of drug-likeness (QED) is 0.335. The first kappa shape index (κ1) is 24.6. The molecule has 3 unspecified atom stereocenters. The molecule has 1 aromatic carbocycles. The van der Waals surface area contributed by atoms with Crippen LogP contribution in [0.3, 0.4) is 0 Å². The Morgan fingerprint density at radius 1 is 1.29 bits per heavy atom. The van der Waals surface area contributed by atoms with Crippen LogP contribution in [0.4, 0.5) is 13.2 Å². The molecule has 0 bridgehead atoms. The second-order valence-electron chi connectivity index (χ2n) is 8.16. The Bertz CT molecular complexity index is 1090. The van der Waals surface area contributed by atoms with Crippen LogP contribution in [0.5, 0.6) is 0 Å². The maximum absolute atomic E-state index is 13.7. The first-order chi connectivity index (χ1) is 16.7. The molecule has 0 aromatic heterocycles. The van der Waals surface area contributed by atoms with Crippen LogP contribution in [0.15, 0.2) is 71.9 Å². The van der Waals surface area contributed by atoms with E-state index in [0.29, 0.717) is 5.70 Å². The number of hydrazine groups is 1. The van der Waals surface area contributed by atoms with Crippen molar-refractivity contribution in [3.63, 3.8) is 0 Å². The molecule has 1 aromatic rings. The number of rotatable bonds is 7. The summed E-state index contributed by atoms with van der Waals surface area (Å²) in [5, 5.41) is 29.2. The predicted octanol–water partition coefficient (Wildman–Crippen LogP) is 1.10. The summed E-state index contributed by atoms with van der Waals surface area (Å²) in [6, 6.07) is 4.12. The van der Waals surface area contributed by atoms with Crippen molar-refractivity contribution in [2.24, 2.45) is 0 Å². The third-order valence-electron chi connectivity index (χ3n) is 5.63. The average Bonchev–Trinajstić information content (AvgIpc) is 3.18. The lowest BCUT2D eigenvalue weighted by Gasteiger charge is -2.38. The molecule has 9 nitrogen and oxygen atoms in total. The van der Waals surface area contributed by atoms with Gasteiger partial charge < -0.3 is 30.9 Å². The van der Waals surface area contributed by atoms with Crippen molar-refractivity contribution in [2.45, 2.75) is 37.6 Å². The van der Waals surface area contributed by atoms with Gasteiger partial charge in [0.15, 0.2) is 6.17 Å². The Hall–Kier alpha value is -3.48. The topological polar surface area (TPSA) is 118 Å². The number of nitrogens with zero attached hydrogens (tertiary/aromatic N) is 1. The molecule has 3 heterocycles. The molecule has 0 saturated carbocycles. The van der Waals surface area contributed by atoms with E-state index in [-0.39, 0.29) is 23.6 Å². The molecule has 0 saturated heterocycles. The van der Waals surface area contributed by atoms with Crippen molar-refractivity contribution >= 4 is 5.91 Å². The maximum atomic E-state index is 13.7. The zero-order chi connectivity index (χ0) is 25.2. The van der Waals surface area contributed by atoms with Gasteiger partial charge in [-0.3, -0.25) is 9.80 Å². The number of halogens is 3. The van der Waals surface area contributed by atoms with Crippen LogP contribution in [-0.2, 0) is 15.7 Å². The number of dihydropyridines is 1. The maximum Gasteiger partial charge on any atom is 0.416 e. The fraction of sp³-hybridized carbons (Fsp3) is 0.348. The van der Waals surface area contributed by atoms with Crippen LogP contribution in [-0.4, -0.2) is 52.8 Å². The summed E-state index contributed by atoms with van der Waals surface area (Å²) in [4.78, 5) is 13.2. The molecule has 6 N–H and O–H groups in total. The van der Waals surface area contributed by atoms with Crippen molar-refractivity contribution < 1.29 is 32.9 Å². The monoisotopic (exact) mass is 493 g/mol. The molecule has 0 fully saturated rings. The third-order valence-corrected chi connectivity index (χ3v) is 5.63. The fourth-order valence-electron chi connectivity index (χ4n) is 4.01. The van der Waals surface area contributed by atoms with Crippen LogP contribution in [0.1, 0.15) is 24.1 Å². The minimum atomic E-state index is -4.60. The van der Waals surface area contributed by atoms with Crippen LogP contribution >= 0.6 is 0 Å². The predicted molar refractivity (Wildman–Crippen MR) is 119 cm³/mol. The Morgan fingerprint density at radius 3 is 2.74 bits per heavy atom. The van der Waals surface area contributed by atoms with E-state index in [1.54, 1.807) is 31.4 Å². The van der Waals surface area contributed by atoms with Gasteiger partial charge in [-0.1, -0.05) is 24.3 Å². The van der Waals surface area contributed by atoms with Gasteiger partial charge in [0.25, 0.3) is 5.91 Å². The van der Waals surface area contributed by atoms with E-state index in [0.717, 1.165) is 6.07 Å². The zero-order valence-corrected chi connectivity index (χ0v) is 18.7. The number of aliphatic hydroxyl groups is 2. The molecule has 188 valence electrons. The van der Waals surface area contributed by atoms with Crippen LogP contribution < -0.4 is 21.4 Å². The standard InChI is InChI=1S/C23H26F3N5O4/c1-13-20(22(34)29-19-8-4-5-9-27-19)31-21(28-13)18(35-12-14(33)11-32)10-17(30-31)15-6-2-3-7-16(15)23(24,25)26/h2-10,14,17,19,21,27-28,30,32-33H,11-12H2,1H3,(H,29,34)/t14-,17?,19?,21?/m1/s1. The van der Waals surface area contributed by atoms with E-state index in [4.69, 9.17) is 9.84 Å². The van der Waals surface area contributed by atoms with E-state index in [9.17, 15) is 23.1 Å². The summed E-state index contributed by atoms with van der Waals surface area (Å²) >= 11 is 0. The van der Waals surface area contributed by atoms with Crippen LogP contribution in [0.25, 0.3) is 0 Å². The number of amides is 1. The molecule has 0 radical (unpaired) electrons. The SMILES string of the molecule is CC1=C(C(=O)NC2C=CC=CN2)N2NC(c3ccccc3C(F)(F)F)C=C(OC[C@H](O)CO)C2N1. The van der Waals surface area contributed by atoms with Gasteiger partial charge in [0, 0.05) is 5.70 Å². The summed E-state index contributed by atoms with van der Waals surface area (Å²) in [5.74, 6) is -0.277. The molecule has 0 aliphatic carbocycles. The number of allylic oxidation sites excluding steroid dienone is 3. The van der Waals surface area contributed by atoms with E-state index >= 15 is 0 Å². The van der Waals surface area contributed by atoms with Crippen LogP contribution in [0, 0.1) is 0 Å². The molecule has 35 heavy (non-hydrogen) atoms. The summed E-state index contributed by atoms with van der Waals surface area (Å²) < 4.78 is 46.9. The van der Waals surface area contributed by atoms with E-state index < -0.39 is 48.7 Å². The van der Waals surface area contributed by atoms with Gasteiger partial charge in [0.05, 0.1) is 18.2 Å². The molecule has 12 heteroatoms. The Labute approximate surface area is 199 Å². The number of ether oxygens (including phenoxy) is 1. The Balaban J connectivity index is 1.66.